The van der Waals surface area contributed by atoms with E-state index in [-0.39, 0.29) is 12.2 Å². The van der Waals surface area contributed by atoms with Gasteiger partial charge in [0.15, 0.2) is 0 Å². The Bertz CT molecular complexity index is 1110. The first-order chi connectivity index (χ1) is 13.6. The Hall–Kier alpha value is -2.91. The van der Waals surface area contributed by atoms with Crippen LogP contribution < -0.4 is 10.3 Å². The molecule has 0 spiro atoms. The van der Waals surface area contributed by atoms with E-state index in [2.05, 4.69) is 38.9 Å². The molecule has 3 rings (SSSR count). The lowest BCUT2D eigenvalue weighted by Crippen LogP contribution is -2.22. The number of ether oxygens (including phenoxy) is 1. The van der Waals surface area contributed by atoms with Gasteiger partial charge in [0.2, 0.25) is 0 Å². The van der Waals surface area contributed by atoms with Gasteiger partial charge in [0, 0.05) is 16.5 Å². The fourth-order valence-electron chi connectivity index (χ4n) is 2.77. The molecule has 1 heterocycles. The Morgan fingerprint density at radius 2 is 2.14 bits per heavy atom. The highest BCUT2D eigenvalue weighted by Crippen LogP contribution is 2.18. The van der Waals surface area contributed by atoms with Crippen molar-refractivity contribution in [2.24, 2.45) is 5.10 Å². The zero-order valence-electron chi connectivity index (χ0n) is 15.6. The SMILES string of the molecule is C#CCOc1ccccc1C=Nn1c(CCCC)nc2ccc(Br)cc2c1=O. The minimum atomic E-state index is -0.198. The fourth-order valence-corrected chi connectivity index (χ4v) is 3.13. The first-order valence-electron chi connectivity index (χ1n) is 9.05. The third-order valence-electron chi connectivity index (χ3n) is 4.17. The maximum Gasteiger partial charge on any atom is 0.282 e. The number of hydrogen-bond donors (Lipinski definition) is 0. The molecule has 0 bridgehead atoms. The lowest BCUT2D eigenvalue weighted by atomic mass is 10.2. The van der Waals surface area contributed by atoms with Gasteiger partial charge in [-0.25, -0.2) is 4.98 Å². The standard InChI is InChI=1S/C22H20BrN3O2/c1-3-5-10-21-25-19-12-11-17(23)14-18(19)22(27)26(21)24-15-16-8-6-7-9-20(16)28-13-4-2/h2,6-9,11-12,14-15H,3,5,10,13H2,1H3. The number of fused-ring (bicyclic) bond motifs is 1. The average molecular weight is 438 g/mol. The molecule has 0 aliphatic rings. The largest absolute Gasteiger partial charge is 0.480 e. The smallest absolute Gasteiger partial charge is 0.282 e. The summed E-state index contributed by atoms with van der Waals surface area (Å²) in [5.41, 5.74) is 1.21. The van der Waals surface area contributed by atoms with Crippen LogP contribution in [0, 0.1) is 12.3 Å². The summed E-state index contributed by atoms with van der Waals surface area (Å²) in [6.07, 6.45) is 9.48. The minimum Gasteiger partial charge on any atom is -0.480 e. The predicted octanol–water partition coefficient (Wildman–Crippen LogP) is 4.40. The monoisotopic (exact) mass is 437 g/mol. The molecule has 0 amide bonds. The van der Waals surface area contributed by atoms with Gasteiger partial charge >= 0.3 is 0 Å². The number of halogens is 1. The minimum absolute atomic E-state index is 0.165. The van der Waals surface area contributed by atoms with Crippen LogP contribution in [0.4, 0.5) is 0 Å². The average Bonchev–Trinajstić information content (AvgIpc) is 2.71. The zero-order chi connectivity index (χ0) is 19.9. The number of para-hydroxylation sites is 1. The van der Waals surface area contributed by atoms with Gasteiger partial charge in [0.1, 0.15) is 18.2 Å². The Morgan fingerprint density at radius 1 is 1.32 bits per heavy atom. The zero-order valence-corrected chi connectivity index (χ0v) is 17.1. The first kappa shape index (κ1) is 19.8. The number of aromatic nitrogens is 2. The molecule has 1 aromatic heterocycles. The molecule has 0 saturated heterocycles. The van der Waals surface area contributed by atoms with Crippen molar-refractivity contribution in [1.29, 1.82) is 0 Å². The topological polar surface area (TPSA) is 56.5 Å². The van der Waals surface area contributed by atoms with Crippen molar-refractivity contribution in [2.75, 3.05) is 6.61 Å². The third kappa shape index (κ3) is 4.49. The second-order valence-electron chi connectivity index (χ2n) is 6.19. The number of benzene rings is 2. The summed E-state index contributed by atoms with van der Waals surface area (Å²) < 4.78 is 7.75. The lowest BCUT2D eigenvalue weighted by Gasteiger charge is -2.10. The summed E-state index contributed by atoms with van der Waals surface area (Å²) in [7, 11) is 0. The molecule has 0 aliphatic carbocycles. The Balaban J connectivity index is 2.09. The van der Waals surface area contributed by atoms with Crippen molar-refractivity contribution in [3.8, 4) is 18.1 Å². The van der Waals surface area contributed by atoms with E-state index in [0.717, 1.165) is 22.9 Å². The van der Waals surface area contributed by atoms with E-state index < -0.39 is 0 Å². The molecule has 28 heavy (non-hydrogen) atoms. The summed E-state index contributed by atoms with van der Waals surface area (Å²) in [6, 6.07) is 12.9. The van der Waals surface area contributed by atoms with Crippen molar-refractivity contribution >= 4 is 33.0 Å². The normalized spacial score (nSPS) is 11.0. The summed E-state index contributed by atoms with van der Waals surface area (Å²) >= 11 is 3.41. The van der Waals surface area contributed by atoms with Gasteiger partial charge in [-0.05, 0) is 36.8 Å². The number of nitrogens with zero attached hydrogens (tertiary/aromatic N) is 3. The number of hydrogen-bond acceptors (Lipinski definition) is 4. The number of unbranched alkanes of at least 4 members (excludes halogenated alkanes) is 1. The molecule has 142 valence electrons. The number of rotatable bonds is 7. The molecule has 6 heteroatoms. The fraction of sp³-hybridized carbons (Fsp3) is 0.227. The predicted molar refractivity (Wildman–Crippen MR) is 116 cm³/mol. The molecule has 0 fully saturated rings. The highest BCUT2D eigenvalue weighted by molar-refractivity contribution is 9.10. The molecular formula is C22H20BrN3O2. The summed E-state index contributed by atoms with van der Waals surface area (Å²) in [6.45, 7) is 2.26. The lowest BCUT2D eigenvalue weighted by molar-refractivity contribution is 0.370. The Kier molecular flexibility index (Phi) is 6.62. The van der Waals surface area contributed by atoms with Crippen LogP contribution in [-0.2, 0) is 6.42 Å². The molecular weight excluding hydrogens is 418 g/mol. The van der Waals surface area contributed by atoms with E-state index in [9.17, 15) is 4.79 Å². The molecule has 0 N–H and O–H groups in total. The highest BCUT2D eigenvalue weighted by Gasteiger charge is 2.11. The van der Waals surface area contributed by atoms with E-state index in [1.165, 1.54) is 4.68 Å². The molecule has 0 saturated carbocycles. The molecule has 3 aromatic rings. The second-order valence-corrected chi connectivity index (χ2v) is 7.10. The maximum atomic E-state index is 13.1. The summed E-state index contributed by atoms with van der Waals surface area (Å²) in [5.74, 6) is 3.70. The van der Waals surface area contributed by atoms with Gasteiger partial charge in [-0.3, -0.25) is 4.79 Å². The van der Waals surface area contributed by atoms with Gasteiger partial charge in [-0.15, -0.1) is 6.42 Å². The number of terminal acetylenes is 1. The summed E-state index contributed by atoms with van der Waals surface area (Å²) in [5, 5.41) is 4.96. The summed E-state index contributed by atoms with van der Waals surface area (Å²) in [4.78, 5) is 17.7. The highest BCUT2D eigenvalue weighted by atomic mass is 79.9. The van der Waals surface area contributed by atoms with Crippen molar-refractivity contribution in [1.82, 2.24) is 9.66 Å². The van der Waals surface area contributed by atoms with E-state index >= 15 is 0 Å². The number of aryl methyl sites for hydroxylation is 1. The molecule has 0 aliphatic heterocycles. The molecule has 0 atom stereocenters. The van der Waals surface area contributed by atoms with Crippen LogP contribution in [0.1, 0.15) is 31.2 Å². The van der Waals surface area contributed by atoms with Crippen LogP contribution >= 0.6 is 15.9 Å². The van der Waals surface area contributed by atoms with E-state index in [1.807, 2.05) is 36.4 Å². The quantitative estimate of drug-likeness (QED) is 0.406. The van der Waals surface area contributed by atoms with Gasteiger partial charge < -0.3 is 4.74 Å². The Labute approximate surface area is 172 Å². The van der Waals surface area contributed by atoms with Crippen molar-refractivity contribution < 1.29 is 4.74 Å². The van der Waals surface area contributed by atoms with Crippen LogP contribution in [0.25, 0.3) is 10.9 Å². The van der Waals surface area contributed by atoms with Crippen molar-refractivity contribution in [2.45, 2.75) is 26.2 Å². The van der Waals surface area contributed by atoms with Crippen molar-refractivity contribution in [3.05, 3.63) is 68.7 Å². The Morgan fingerprint density at radius 3 is 2.93 bits per heavy atom. The van der Waals surface area contributed by atoms with Crippen molar-refractivity contribution in [3.63, 3.8) is 0 Å². The first-order valence-corrected chi connectivity index (χ1v) is 9.84. The molecule has 0 unspecified atom stereocenters. The van der Waals surface area contributed by atoms with E-state index in [4.69, 9.17) is 11.2 Å². The van der Waals surface area contributed by atoms with E-state index in [0.29, 0.717) is 28.9 Å². The molecule has 5 nitrogen and oxygen atoms in total. The van der Waals surface area contributed by atoms with Crippen LogP contribution in [0.5, 0.6) is 5.75 Å². The van der Waals surface area contributed by atoms with Crippen LogP contribution in [0.15, 0.2) is 56.8 Å². The van der Waals surface area contributed by atoms with Crippen LogP contribution in [0.2, 0.25) is 0 Å². The van der Waals surface area contributed by atoms with Gasteiger partial charge in [-0.1, -0.05) is 47.3 Å². The van der Waals surface area contributed by atoms with Gasteiger partial charge in [0.05, 0.1) is 17.1 Å². The van der Waals surface area contributed by atoms with Crippen LogP contribution in [-0.4, -0.2) is 22.5 Å². The third-order valence-corrected chi connectivity index (χ3v) is 4.66. The maximum absolute atomic E-state index is 13.1. The van der Waals surface area contributed by atoms with Gasteiger partial charge in [-0.2, -0.15) is 9.78 Å². The second kappa shape index (κ2) is 9.34. The van der Waals surface area contributed by atoms with E-state index in [1.54, 1.807) is 12.3 Å². The molecule has 2 aromatic carbocycles. The van der Waals surface area contributed by atoms with Gasteiger partial charge in [0.25, 0.3) is 5.56 Å². The molecule has 0 radical (unpaired) electrons. The van der Waals surface area contributed by atoms with Crippen LogP contribution in [0.3, 0.4) is 0 Å².